The zero-order valence-corrected chi connectivity index (χ0v) is 17.1. The number of carboxylic acids is 1. The van der Waals surface area contributed by atoms with Gasteiger partial charge in [0.1, 0.15) is 12.3 Å². The van der Waals surface area contributed by atoms with E-state index < -0.39 is 17.7 Å². The van der Waals surface area contributed by atoms with Gasteiger partial charge in [-0.2, -0.15) is 0 Å². The minimum Gasteiger partial charge on any atom is -0.481 e. The van der Waals surface area contributed by atoms with Crippen LogP contribution < -0.4 is 5.32 Å². The van der Waals surface area contributed by atoms with Crippen molar-refractivity contribution in [3.05, 3.63) is 33.8 Å². The van der Waals surface area contributed by atoms with E-state index in [0.29, 0.717) is 21.3 Å². The summed E-state index contributed by atoms with van der Waals surface area (Å²) >= 11 is 11.9. The third kappa shape index (κ3) is 10.2. The molecule has 0 aromatic heterocycles. The molecule has 0 aliphatic carbocycles. The van der Waals surface area contributed by atoms with E-state index in [1.165, 1.54) is 0 Å². The smallest absolute Gasteiger partial charge is 0.407 e. The predicted molar refractivity (Wildman–Crippen MR) is 105 cm³/mol. The molecule has 0 atom stereocenters. The van der Waals surface area contributed by atoms with E-state index >= 15 is 0 Å². The molecule has 0 heterocycles. The molecule has 27 heavy (non-hydrogen) atoms. The van der Waals surface area contributed by atoms with Crippen molar-refractivity contribution in [1.82, 2.24) is 5.32 Å². The fourth-order valence-corrected chi connectivity index (χ4v) is 2.24. The second-order valence-corrected chi connectivity index (χ2v) is 7.41. The molecule has 1 aromatic carbocycles. The summed E-state index contributed by atoms with van der Waals surface area (Å²) in [5.41, 5.74) is 0.672. The van der Waals surface area contributed by atoms with Crippen LogP contribution in [0.3, 0.4) is 0 Å². The fraction of sp³-hybridized carbons (Fsp3) is 0.500. The molecule has 7 nitrogen and oxygen atoms in total. The van der Waals surface area contributed by atoms with Gasteiger partial charge in [0.25, 0.3) is 0 Å². The highest BCUT2D eigenvalue weighted by Gasteiger charge is 2.15. The molecule has 1 amide bonds. The highest BCUT2D eigenvalue weighted by Crippen LogP contribution is 2.23. The van der Waals surface area contributed by atoms with E-state index in [-0.39, 0.29) is 32.7 Å². The van der Waals surface area contributed by atoms with Crippen LogP contribution in [0.5, 0.6) is 0 Å². The average molecular weight is 419 g/mol. The van der Waals surface area contributed by atoms with Crippen molar-refractivity contribution >= 4 is 41.0 Å². The molecule has 0 fully saturated rings. The number of carbonyl (C=O) groups is 2. The zero-order chi connectivity index (χ0) is 20.4. The number of nitrogens with one attached hydrogen (secondary N) is 1. The van der Waals surface area contributed by atoms with Crippen molar-refractivity contribution in [2.45, 2.75) is 39.2 Å². The molecule has 0 bridgehead atoms. The van der Waals surface area contributed by atoms with Crippen LogP contribution in [-0.4, -0.2) is 48.4 Å². The molecule has 0 unspecified atom stereocenters. The second-order valence-electron chi connectivity index (χ2n) is 6.59. The molecule has 0 saturated carbocycles. The Balaban J connectivity index is 2.54. The Kier molecular flexibility index (Phi) is 9.55. The molecule has 150 valence electrons. The number of aliphatic carboxylic acids is 1. The van der Waals surface area contributed by atoms with Crippen LogP contribution in [-0.2, 0) is 14.3 Å². The summed E-state index contributed by atoms with van der Waals surface area (Å²) in [6, 6.07) is 4.98. The lowest BCUT2D eigenvalue weighted by atomic mass is 10.1. The number of ether oxygens (including phenoxy) is 2. The minimum absolute atomic E-state index is 0.0190. The third-order valence-corrected chi connectivity index (χ3v) is 3.83. The van der Waals surface area contributed by atoms with E-state index in [1.54, 1.807) is 39.0 Å². The summed E-state index contributed by atoms with van der Waals surface area (Å²) in [6.07, 6.45) is -0.362. The number of carboxylic acid groups (broad SMARTS) is 1. The summed E-state index contributed by atoms with van der Waals surface area (Å²) in [4.78, 5) is 26.6. The van der Waals surface area contributed by atoms with E-state index in [2.05, 4.69) is 10.3 Å². The summed E-state index contributed by atoms with van der Waals surface area (Å²) in [6.45, 7) is 5.85. The highest BCUT2D eigenvalue weighted by molar-refractivity contribution is 6.42. The SMILES string of the molecule is CC(C)(C)OC(=O)NCCOCN=C(CCC(=O)O)c1ccc(Cl)c(Cl)c1. The molecule has 0 spiro atoms. The predicted octanol–water partition coefficient (Wildman–Crippen LogP) is 4.15. The molecule has 0 radical (unpaired) electrons. The Bertz CT molecular complexity index is 687. The van der Waals surface area contributed by atoms with E-state index in [9.17, 15) is 9.59 Å². The van der Waals surface area contributed by atoms with Crippen molar-refractivity contribution in [2.75, 3.05) is 19.9 Å². The van der Waals surface area contributed by atoms with Gasteiger partial charge in [-0.3, -0.25) is 9.79 Å². The number of hydrogen-bond donors (Lipinski definition) is 2. The zero-order valence-electron chi connectivity index (χ0n) is 15.6. The monoisotopic (exact) mass is 418 g/mol. The number of carbonyl (C=O) groups excluding carboxylic acids is 1. The van der Waals surface area contributed by atoms with Gasteiger partial charge >= 0.3 is 12.1 Å². The lowest BCUT2D eigenvalue weighted by Crippen LogP contribution is -2.34. The number of hydrogen-bond acceptors (Lipinski definition) is 5. The molecule has 2 N–H and O–H groups in total. The average Bonchev–Trinajstić information content (AvgIpc) is 2.54. The van der Waals surface area contributed by atoms with Gasteiger partial charge in [-0.05, 0) is 38.5 Å². The molecule has 1 rings (SSSR count). The topological polar surface area (TPSA) is 97.2 Å². The van der Waals surface area contributed by atoms with Gasteiger partial charge in [0.2, 0.25) is 0 Å². The first-order valence-electron chi connectivity index (χ1n) is 8.33. The van der Waals surface area contributed by atoms with Gasteiger partial charge < -0.3 is 19.9 Å². The number of benzene rings is 1. The van der Waals surface area contributed by atoms with Crippen LogP contribution in [0, 0.1) is 0 Å². The summed E-state index contributed by atoms with van der Waals surface area (Å²) < 4.78 is 10.5. The molecular formula is C18H24Cl2N2O5. The molecular weight excluding hydrogens is 395 g/mol. The lowest BCUT2D eigenvalue weighted by molar-refractivity contribution is -0.136. The molecule has 0 aliphatic heterocycles. The normalized spacial score (nSPS) is 12.0. The maximum atomic E-state index is 11.5. The fourth-order valence-electron chi connectivity index (χ4n) is 1.94. The number of rotatable bonds is 9. The first kappa shape index (κ1) is 23.2. The quantitative estimate of drug-likeness (QED) is 0.463. The van der Waals surface area contributed by atoms with Crippen molar-refractivity contribution in [1.29, 1.82) is 0 Å². The van der Waals surface area contributed by atoms with Crippen LogP contribution in [0.15, 0.2) is 23.2 Å². The number of alkyl carbamates (subject to hydrolysis) is 1. The summed E-state index contributed by atoms with van der Waals surface area (Å²) in [7, 11) is 0. The van der Waals surface area contributed by atoms with Crippen molar-refractivity contribution in [2.24, 2.45) is 4.99 Å². The molecule has 0 aliphatic rings. The van der Waals surface area contributed by atoms with E-state index in [1.807, 2.05) is 0 Å². The van der Waals surface area contributed by atoms with Crippen LogP contribution in [0.4, 0.5) is 4.79 Å². The Hall–Kier alpha value is -1.83. The molecule has 1 aromatic rings. The Morgan fingerprint density at radius 2 is 1.89 bits per heavy atom. The number of aliphatic imine (C=N–C) groups is 1. The van der Waals surface area contributed by atoms with Gasteiger partial charge in [-0.1, -0.05) is 29.3 Å². The third-order valence-electron chi connectivity index (χ3n) is 3.09. The first-order chi connectivity index (χ1) is 12.6. The van der Waals surface area contributed by atoms with Crippen LogP contribution in [0.25, 0.3) is 0 Å². The number of nitrogens with zero attached hydrogens (tertiary/aromatic N) is 1. The number of amides is 1. The maximum Gasteiger partial charge on any atom is 0.407 e. The van der Waals surface area contributed by atoms with Gasteiger partial charge in [-0.25, -0.2) is 4.79 Å². The number of halogens is 2. The van der Waals surface area contributed by atoms with E-state index in [0.717, 1.165) is 0 Å². The molecule has 9 heteroatoms. The Morgan fingerprint density at radius 1 is 1.19 bits per heavy atom. The summed E-state index contributed by atoms with van der Waals surface area (Å²) in [5, 5.41) is 12.2. The van der Waals surface area contributed by atoms with Gasteiger partial charge in [0.15, 0.2) is 0 Å². The highest BCUT2D eigenvalue weighted by atomic mass is 35.5. The maximum absolute atomic E-state index is 11.5. The largest absolute Gasteiger partial charge is 0.481 e. The van der Waals surface area contributed by atoms with Crippen molar-refractivity contribution in [3.63, 3.8) is 0 Å². The van der Waals surface area contributed by atoms with E-state index in [4.69, 9.17) is 37.8 Å². The minimum atomic E-state index is -0.926. The van der Waals surface area contributed by atoms with Crippen molar-refractivity contribution < 1.29 is 24.2 Å². The lowest BCUT2D eigenvalue weighted by Gasteiger charge is -2.19. The first-order valence-corrected chi connectivity index (χ1v) is 9.09. The second kappa shape index (κ2) is 11.1. The van der Waals surface area contributed by atoms with Crippen LogP contribution >= 0.6 is 23.2 Å². The standard InChI is InChI=1S/C18H24Cl2N2O5/c1-18(2,3)27-17(25)21-8-9-26-11-22-15(6-7-16(23)24)12-4-5-13(19)14(20)10-12/h4-5,10H,6-9,11H2,1-3H3,(H,21,25)(H,23,24). The van der Waals surface area contributed by atoms with Gasteiger partial charge in [-0.15, -0.1) is 0 Å². The molecule has 0 saturated heterocycles. The summed E-state index contributed by atoms with van der Waals surface area (Å²) in [5.74, 6) is -0.926. The Labute approximate surface area is 168 Å². The van der Waals surface area contributed by atoms with Gasteiger partial charge in [0, 0.05) is 18.7 Å². The van der Waals surface area contributed by atoms with Crippen molar-refractivity contribution in [3.8, 4) is 0 Å². The van der Waals surface area contributed by atoms with Gasteiger partial charge in [0.05, 0.1) is 23.1 Å². The van der Waals surface area contributed by atoms with Crippen LogP contribution in [0.1, 0.15) is 39.2 Å². The van der Waals surface area contributed by atoms with Crippen LogP contribution in [0.2, 0.25) is 10.0 Å². The Morgan fingerprint density at radius 3 is 2.48 bits per heavy atom.